The van der Waals surface area contributed by atoms with Crippen LogP contribution in [0, 0.1) is 18.3 Å². The summed E-state index contributed by atoms with van der Waals surface area (Å²) in [7, 11) is 0. The lowest BCUT2D eigenvalue weighted by Crippen LogP contribution is -2.29. The number of hydrogen-bond donors (Lipinski definition) is 2. The van der Waals surface area contributed by atoms with E-state index in [4.69, 9.17) is 6.42 Å². The van der Waals surface area contributed by atoms with Crippen LogP contribution in [0.2, 0.25) is 0 Å². The normalized spacial score (nSPS) is 28.3. The molecule has 0 aromatic heterocycles. The van der Waals surface area contributed by atoms with Crippen molar-refractivity contribution in [3.63, 3.8) is 0 Å². The molecule has 0 amide bonds. The summed E-state index contributed by atoms with van der Waals surface area (Å²) in [5, 5.41) is 12.7. The van der Waals surface area contributed by atoms with Gasteiger partial charge in [0.25, 0.3) is 0 Å². The van der Waals surface area contributed by atoms with Gasteiger partial charge in [-0.25, -0.2) is 0 Å². The molecule has 0 aromatic rings. The lowest BCUT2D eigenvalue weighted by atomic mass is 9.87. The third-order valence-corrected chi connectivity index (χ3v) is 2.63. The van der Waals surface area contributed by atoms with E-state index < -0.39 is 0 Å². The first-order valence-corrected chi connectivity index (χ1v) is 5.15. The van der Waals surface area contributed by atoms with Crippen molar-refractivity contribution in [3.8, 4) is 12.3 Å². The molecule has 0 aliphatic heterocycles. The summed E-state index contributed by atoms with van der Waals surface area (Å²) in [4.78, 5) is 0. The van der Waals surface area contributed by atoms with Crippen molar-refractivity contribution in [2.45, 2.75) is 38.2 Å². The SMILES string of the molecule is C#CCCNCC1CCCC(O)C1. The number of rotatable bonds is 4. The summed E-state index contributed by atoms with van der Waals surface area (Å²) < 4.78 is 0. The number of aliphatic hydroxyl groups excluding tert-OH is 1. The van der Waals surface area contributed by atoms with Crippen LogP contribution in [0.5, 0.6) is 0 Å². The molecule has 74 valence electrons. The quantitative estimate of drug-likeness (QED) is 0.504. The molecule has 2 unspecified atom stereocenters. The summed E-state index contributed by atoms with van der Waals surface area (Å²) >= 11 is 0. The molecule has 0 saturated heterocycles. The van der Waals surface area contributed by atoms with Gasteiger partial charge in [-0.3, -0.25) is 0 Å². The highest BCUT2D eigenvalue weighted by atomic mass is 16.3. The number of nitrogens with one attached hydrogen (secondary N) is 1. The average Bonchev–Trinajstić information content (AvgIpc) is 2.13. The Balaban J connectivity index is 2.04. The minimum atomic E-state index is -0.0619. The summed E-state index contributed by atoms with van der Waals surface area (Å²) in [6, 6.07) is 0. The lowest BCUT2D eigenvalue weighted by molar-refractivity contribution is 0.101. The van der Waals surface area contributed by atoms with Gasteiger partial charge in [0, 0.05) is 13.0 Å². The molecule has 0 aromatic carbocycles. The second-order valence-electron chi connectivity index (χ2n) is 3.84. The number of terminal acetylenes is 1. The second-order valence-corrected chi connectivity index (χ2v) is 3.84. The summed E-state index contributed by atoms with van der Waals surface area (Å²) in [5.74, 6) is 3.26. The van der Waals surface area contributed by atoms with Crippen LogP contribution in [0.4, 0.5) is 0 Å². The highest BCUT2D eigenvalue weighted by Crippen LogP contribution is 2.23. The van der Waals surface area contributed by atoms with Gasteiger partial charge in [0.2, 0.25) is 0 Å². The van der Waals surface area contributed by atoms with E-state index in [2.05, 4.69) is 11.2 Å². The van der Waals surface area contributed by atoms with Crippen molar-refractivity contribution < 1.29 is 5.11 Å². The van der Waals surface area contributed by atoms with Crippen molar-refractivity contribution >= 4 is 0 Å². The molecule has 1 saturated carbocycles. The Morgan fingerprint density at radius 3 is 3.00 bits per heavy atom. The van der Waals surface area contributed by atoms with Crippen molar-refractivity contribution in [1.29, 1.82) is 0 Å². The largest absolute Gasteiger partial charge is 0.393 e. The van der Waals surface area contributed by atoms with E-state index in [1.165, 1.54) is 12.8 Å². The summed E-state index contributed by atoms with van der Waals surface area (Å²) in [6.07, 6.45) is 10.2. The van der Waals surface area contributed by atoms with Crippen LogP contribution in [0.3, 0.4) is 0 Å². The van der Waals surface area contributed by atoms with Crippen LogP contribution >= 0.6 is 0 Å². The number of aliphatic hydroxyl groups is 1. The highest BCUT2D eigenvalue weighted by Gasteiger charge is 2.19. The van der Waals surface area contributed by atoms with E-state index in [0.29, 0.717) is 5.92 Å². The molecule has 0 radical (unpaired) electrons. The monoisotopic (exact) mass is 181 g/mol. The molecule has 13 heavy (non-hydrogen) atoms. The van der Waals surface area contributed by atoms with Gasteiger partial charge < -0.3 is 10.4 Å². The van der Waals surface area contributed by atoms with Gasteiger partial charge in [-0.1, -0.05) is 6.42 Å². The van der Waals surface area contributed by atoms with Gasteiger partial charge in [0.15, 0.2) is 0 Å². The molecule has 2 atom stereocenters. The van der Waals surface area contributed by atoms with Crippen LogP contribution in [-0.2, 0) is 0 Å². The third-order valence-electron chi connectivity index (χ3n) is 2.63. The molecule has 1 aliphatic carbocycles. The van der Waals surface area contributed by atoms with Gasteiger partial charge in [-0.2, -0.15) is 0 Å². The van der Waals surface area contributed by atoms with E-state index in [1.54, 1.807) is 0 Å². The zero-order valence-corrected chi connectivity index (χ0v) is 8.13. The van der Waals surface area contributed by atoms with Gasteiger partial charge >= 0.3 is 0 Å². The van der Waals surface area contributed by atoms with Crippen molar-refractivity contribution in [2.24, 2.45) is 5.92 Å². The molecule has 1 aliphatic rings. The molecule has 2 nitrogen and oxygen atoms in total. The maximum absolute atomic E-state index is 9.42. The van der Waals surface area contributed by atoms with E-state index in [9.17, 15) is 5.11 Å². The summed E-state index contributed by atoms with van der Waals surface area (Å²) in [5.41, 5.74) is 0. The van der Waals surface area contributed by atoms with Crippen LogP contribution < -0.4 is 5.32 Å². The Morgan fingerprint density at radius 1 is 1.46 bits per heavy atom. The Hall–Kier alpha value is -0.520. The third kappa shape index (κ3) is 4.31. The van der Waals surface area contributed by atoms with E-state index in [-0.39, 0.29) is 6.10 Å². The standard InChI is InChI=1S/C11H19NO/c1-2-3-7-12-9-10-5-4-6-11(13)8-10/h1,10-13H,3-9H2. The number of hydrogen-bond acceptors (Lipinski definition) is 2. The molecule has 1 fully saturated rings. The maximum atomic E-state index is 9.42. The Labute approximate surface area is 80.7 Å². The zero-order valence-electron chi connectivity index (χ0n) is 8.13. The fourth-order valence-corrected chi connectivity index (χ4v) is 1.91. The highest BCUT2D eigenvalue weighted by molar-refractivity contribution is 4.84. The van der Waals surface area contributed by atoms with Crippen molar-refractivity contribution in [1.82, 2.24) is 5.32 Å². The predicted octanol–water partition coefficient (Wildman–Crippen LogP) is 1.15. The van der Waals surface area contributed by atoms with Crippen LogP contribution in [0.25, 0.3) is 0 Å². The smallest absolute Gasteiger partial charge is 0.0543 e. The summed E-state index contributed by atoms with van der Waals surface area (Å²) in [6.45, 7) is 1.92. The fraction of sp³-hybridized carbons (Fsp3) is 0.818. The van der Waals surface area contributed by atoms with E-state index in [1.807, 2.05) is 0 Å². The molecular formula is C11H19NO. The average molecular weight is 181 g/mol. The minimum absolute atomic E-state index is 0.0619. The second kappa shape index (κ2) is 6.01. The first-order valence-electron chi connectivity index (χ1n) is 5.15. The lowest BCUT2D eigenvalue weighted by Gasteiger charge is -2.25. The Morgan fingerprint density at radius 2 is 2.31 bits per heavy atom. The molecular weight excluding hydrogens is 162 g/mol. The predicted molar refractivity (Wildman–Crippen MR) is 54.3 cm³/mol. The van der Waals surface area contributed by atoms with Gasteiger partial charge in [-0.15, -0.1) is 12.3 Å². The van der Waals surface area contributed by atoms with Crippen LogP contribution in [0.15, 0.2) is 0 Å². The first-order chi connectivity index (χ1) is 6.33. The maximum Gasteiger partial charge on any atom is 0.0543 e. The zero-order chi connectivity index (χ0) is 9.52. The molecule has 0 bridgehead atoms. The van der Waals surface area contributed by atoms with E-state index >= 15 is 0 Å². The van der Waals surface area contributed by atoms with Crippen LogP contribution in [0.1, 0.15) is 32.1 Å². The molecule has 2 N–H and O–H groups in total. The van der Waals surface area contributed by atoms with Gasteiger partial charge in [-0.05, 0) is 31.7 Å². The Kier molecular flexibility index (Phi) is 4.88. The van der Waals surface area contributed by atoms with Gasteiger partial charge in [0.05, 0.1) is 6.10 Å². The van der Waals surface area contributed by atoms with Crippen molar-refractivity contribution in [2.75, 3.05) is 13.1 Å². The van der Waals surface area contributed by atoms with Crippen molar-refractivity contribution in [3.05, 3.63) is 0 Å². The molecule has 0 spiro atoms. The Bertz CT molecular complexity index is 173. The topological polar surface area (TPSA) is 32.3 Å². The minimum Gasteiger partial charge on any atom is -0.393 e. The van der Waals surface area contributed by atoms with E-state index in [0.717, 1.165) is 32.4 Å². The molecule has 2 heteroatoms. The molecule has 1 rings (SSSR count). The molecule has 0 heterocycles. The van der Waals surface area contributed by atoms with Gasteiger partial charge in [0.1, 0.15) is 0 Å². The van der Waals surface area contributed by atoms with Crippen LogP contribution in [-0.4, -0.2) is 24.3 Å². The first kappa shape index (κ1) is 10.6. The fourth-order valence-electron chi connectivity index (χ4n) is 1.91.